The molecule has 24 heavy (non-hydrogen) atoms. The molecular formula is C16H17ClN2O4S. The SMILES string of the molecule is COc1ccc(S(=O)(=O)N[C@@H](Cc2ccccc2)C(N)=O)cc1Cl. The fraction of sp³-hybridized carbons (Fsp3) is 0.188. The van der Waals surface area contributed by atoms with E-state index in [0.717, 1.165) is 5.56 Å². The first kappa shape index (κ1) is 18.3. The molecule has 0 saturated heterocycles. The molecule has 0 bridgehead atoms. The minimum absolute atomic E-state index is 0.0763. The highest BCUT2D eigenvalue weighted by Gasteiger charge is 2.25. The third kappa shape index (κ3) is 4.47. The van der Waals surface area contributed by atoms with Crippen LogP contribution in [-0.4, -0.2) is 27.5 Å². The van der Waals surface area contributed by atoms with Gasteiger partial charge in [0.05, 0.1) is 17.0 Å². The van der Waals surface area contributed by atoms with E-state index in [1.54, 1.807) is 24.3 Å². The number of carbonyl (C=O) groups is 1. The van der Waals surface area contributed by atoms with Gasteiger partial charge in [0.15, 0.2) is 0 Å². The molecule has 6 nitrogen and oxygen atoms in total. The molecule has 0 radical (unpaired) electrons. The fourth-order valence-electron chi connectivity index (χ4n) is 2.12. The van der Waals surface area contributed by atoms with Crippen molar-refractivity contribution in [2.24, 2.45) is 5.73 Å². The van der Waals surface area contributed by atoms with E-state index in [2.05, 4.69) is 4.72 Å². The van der Waals surface area contributed by atoms with Crippen LogP contribution in [-0.2, 0) is 21.2 Å². The lowest BCUT2D eigenvalue weighted by Crippen LogP contribution is -2.45. The number of primary amides is 1. The molecule has 1 atom stereocenters. The summed E-state index contributed by atoms with van der Waals surface area (Å²) >= 11 is 5.96. The average Bonchev–Trinajstić information content (AvgIpc) is 2.55. The van der Waals surface area contributed by atoms with Gasteiger partial charge in [-0.2, -0.15) is 4.72 Å². The first-order chi connectivity index (χ1) is 11.3. The van der Waals surface area contributed by atoms with Crippen molar-refractivity contribution >= 4 is 27.5 Å². The highest BCUT2D eigenvalue weighted by atomic mass is 35.5. The molecule has 1 amide bonds. The number of carbonyl (C=O) groups excluding carboxylic acids is 1. The standard InChI is InChI=1S/C16H17ClN2O4S/c1-23-15-8-7-12(10-13(15)17)24(21,22)19-14(16(18)20)9-11-5-3-2-4-6-11/h2-8,10,14,19H,9H2,1H3,(H2,18,20)/t14-/m0/s1. The van der Waals surface area contributed by atoms with Gasteiger partial charge in [0.25, 0.3) is 0 Å². The van der Waals surface area contributed by atoms with Crippen molar-refractivity contribution in [1.29, 1.82) is 0 Å². The second-order valence-electron chi connectivity index (χ2n) is 5.06. The Morgan fingerprint density at radius 2 is 1.92 bits per heavy atom. The van der Waals surface area contributed by atoms with E-state index in [1.165, 1.54) is 25.3 Å². The molecule has 128 valence electrons. The molecule has 0 aliphatic rings. The summed E-state index contributed by atoms with van der Waals surface area (Å²) in [5, 5.41) is 0.152. The molecule has 8 heteroatoms. The van der Waals surface area contributed by atoms with Crippen molar-refractivity contribution in [3.63, 3.8) is 0 Å². The Bertz CT molecular complexity index is 825. The van der Waals surface area contributed by atoms with Crippen molar-refractivity contribution in [2.45, 2.75) is 17.4 Å². The van der Waals surface area contributed by atoms with Gasteiger partial charge in [-0.05, 0) is 30.2 Å². The number of amides is 1. The summed E-state index contributed by atoms with van der Waals surface area (Å²) in [5.74, 6) is -0.409. The summed E-state index contributed by atoms with van der Waals surface area (Å²) < 4.78 is 32.3. The minimum Gasteiger partial charge on any atom is -0.495 e. The molecule has 0 aliphatic heterocycles. The van der Waals surface area contributed by atoms with E-state index in [9.17, 15) is 13.2 Å². The molecule has 0 aromatic heterocycles. The highest BCUT2D eigenvalue weighted by molar-refractivity contribution is 7.89. The fourth-order valence-corrected chi connectivity index (χ4v) is 3.67. The molecular weight excluding hydrogens is 352 g/mol. The van der Waals surface area contributed by atoms with Crippen molar-refractivity contribution in [3.8, 4) is 5.75 Å². The third-order valence-corrected chi connectivity index (χ3v) is 5.12. The third-order valence-electron chi connectivity index (χ3n) is 3.36. The number of rotatable bonds is 7. The molecule has 0 saturated carbocycles. The minimum atomic E-state index is -3.96. The lowest BCUT2D eigenvalue weighted by atomic mass is 10.1. The number of benzene rings is 2. The van der Waals surface area contributed by atoms with E-state index >= 15 is 0 Å². The van der Waals surface area contributed by atoms with E-state index in [0.29, 0.717) is 5.75 Å². The Kier molecular flexibility index (Phi) is 5.82. The summed E-state index contributed by atoms with van der Waals surface area (Å²) in [6, 6.07) is 12.0. The normalized spacial score (nSPS) is 12.6. The summed E-state index contributed by atoms with van der Waals surface area (Å²) in [6.45, 7) is 0. The van der Waals surface area contributed by atoms with Gasteiger partial charge in [0, 0.05) is 0 Å². The molecule has 3 N–H and O–H groups in total. The average molecular weight is 369 g/mol. The lowest BCUT2D eigenvalue weighted by molar-refractivity contribution is -0.119. The quantitative estimate of drug-likeness (QED) is 0.777. The maximum Gasteiger partial charge on any atom is 0.241 e. The summed E-state index contributed by atoms with van der Waals surface area (Å²) in [6.07, 6.45) is 0.152. The topological polar surface area (TPSA) is 98.5 Å². The predicted molar refractivity (Wildman–Crippen MR) is 91.5 cm³/mol. The van der Waals surface area contributed by atoms with Crippen LogP contribution in [0.15, 0.2) is 53.4 Å². The number of ether oxygens (including phenoxy) is 1. The largest absolute Gasteiger partial charge is 0.495 e. The van der Waals surface area contributed by atoms with Gasteiger partial charge in [0.1, 0.15) is 11.8 Å². The van der Waals surface area contributed by atoms with Crippen LogP contribution in [0.4, 0.5) is 0 Å². The van der Waals surface area contributed by atoms with Gasteiger partial charge in [-0.15, -0.1) is 0 Å². The molecule has 0 unspecified atom stereocenters. The van der Waals surface area contributed by atoms with Crippen LogP contribution in [0.2, 0.25) is 5.02 Å². The molecule has 2 rings (SSSR count). The summed E-state index contributed by atoms with van der Waals surface area (Å²) in [4.78, 5) is 11.6. The Morgan fingerprint density at radius 1 is 1.25 bits per heavy atom. The van der Waals surface area contributed by atoms with E-state index in [-0.39, 0.29) is 16.3 Å². The Labute approximate surface area is 145 Å². The smallest absolute Gasteiger partial charge is 0.241 e. The Morgan fingerprint density at radius 3 is 2.46 bits per heavy atom. The summed E-state index contributed by atoms with van der Waals surface area (Å²) in [5.41, 5.74) is 6.12. The van der Waals surface area contributed by atoms with Gasteiger partial charge < -0.3 is 10.5 Å². The van der Waals surface area contributed by atoms with Gasteiger partial charge in [-0.1, -0.05) is 41.9 Å². The maximum absolute atomic E-state index is 12.5. The molecule has 2 aromatic carbocycles. The van der Waals surface area contributed by atoms with Crippen LogP contribution in [0.3, 0.4) is 0 Å². The van der Waals surface area contributed by atoms with Crippen LogP contribution >= 0.6 is 11.6 Å². The zero-order valence-electron chi connectivity index (χ0n) is 12.9. The van der Waals surface area contributed by atoms with Gasteiger partial charge in [-0.25, -0.2) is 8.42 Å². The van der Waals surface area contributed by atoms with Crippen LogP contribution in [0.25, 0.3) is 0 Å². The summed E-state index contributed by atoms with van der Waals surface area (Å²) in [7, 11) is -2.54. The van der Waals surface area contributed by atoms with Crippen molar-refractivity contribution in [3.05, 3.63) is 59.1 Å². The highest BCUT2D eigenvalue weighted by Crippen LogP contribution is 2.27. The molecule has 0 aliphatic carbocycles. The monoisotopic (exact) mass is 368 g/mol. The second kappa shape index (κ2) is 7.65. The molecule has 2 aromatic rings. The van der Waals surface area contributed by atoms with Gasteiger partial charge in [0.2, 0.25) is 15.9 Å². The molecule has 0 spiro atoms. The second-order valence-corrected chi connectivity index (χ2v) is 7.18. The van der Waals surface area contributed by atoms with E-state index in [1.807, 2.05) is 6.07 Å². The number of hydrogen-bond acceptors (Lipinski definition) is 4. The van der Waals surface area contributed by atoms with Crippen LogP contribution < -0.4 is 15.2 Å². The van der Waals surface area contributed by atoms with Crippen LogP contribution in [0.1, 0.15) is 5.56 Å². The van der Waals surface area contributed by atoms with Crippen molar-refractivity contribution in [2.75, 3.05) is 7.11 Å². The van der Waals surface area contributed by atoms with Gasteiger partial charge >= 0.3 is 0 Å². The zero-order chi connectivity index (χ0) is 17.7. The maximum atomic E-state index is 12.5. The van der Waals surface area contributed by atoms with Crippen LogP contribution in [0, 0.1) is 0 Å². The molecule has 0 heterocycles. The number of hydrogen-bond donors (Lipinski definition) is 2. The van der Waals surface area contributed by atoms with Gasteiger partial charge in [-0.3, -0.25) is 4.79 Å². The predicted octanol–water partition coefficient (Wildman–Crippen LogP) is 1.72. The van der Waals surface area contributed by atoms with E-state index < -0.39 is 22.0 Å². The Balaban J connectivity index is 2.24. The number of halogens is 1. The number of sulfonamides is 1. The van der Waals surface area contributed by atoms with Crippen LogP contribution in [0.5, 0.6) is 5.75 Å². The first-order valence-corrected chi connectivity index (χ1v) is 8.88. The number of methoxy groups -OCH3 is 1. The lowest BCUT2D eigenvalue weighted by Gasteiger charge is -2.16. The van der Waals surface area contributed by atoms with E-state index in [4.69, 9.17) is 22.1 Å². The first-order valence-electron chi connectivity index (χ1n) is 7.02. The Hall–Kier alpha value is -2.09. The van der Waals surface area contributed by atoms with Crippen molar-refractivity contribution in [1.82, 2.24) is 4.72 Å². The van der Waals surface area contributed by atoms with Crippen molar-refractivity contribution < 1.29 is 17.9 Å². The number of nitrogens with two attached hydrogens (primary N) is 1. The molecule has 0 fully saturated rings. The number of nitrogens with one attached hydrogen (secondary N) is 1. The zero-order valence-corrected chi connectivity index (χ0v) is 14.5.